The SMILES string of the molecule is C=Cc1nc(Nc2ccc(CC(N)=O)cc2)[nH]c1/C=C\C.CC. The molecule has 5 nitrogen and oxygen atoms in total. The number of hydrogen-bond donors (Lipinski definition) is 3. The van der Waals surface area contributed by atoms with Crippen LogP contribution in [0.5, 0.6) is 0 Å². The monoisotopic (exact) mass is 312 g/mol. The van der Waals surface area contributed by atoms with E-state index in [2.05, 4.69) is 21.9 Å². The number of imidazole rings is 1. The maximum atomic E-state index is 10.9. The van der Waals surface area contributed by atoms with Crippen LogP contribution in [0, 0.1) is 0 Å². The van der Waals surface area contributed by atoms with Crippen LogP contribution < -0.4 is 11.1 Å². The fourth-order valence-corrected chi connectivity index (χ4v) is 1.95. The van der Waals surface area contributed by atoms with E-state index in [9.17, 15) is 4.79 Å². The zero-order valence-corrected chi connectivity index (χ0v) is 13.9. The molecule has 122 valence electrons. The quantitative estimate of drug-likeness (QED) is 0.756. The van der Waals surface area contributed by atoms with Crippen molar-refractivity contribution in [2.45, 2.75) is 27.2 Å². The van der Waals surface area contributed by atoms with E-state index in [4.69, 9.17) is 5.73 Å². The summed E-state index contributed by atoms with van der Waals surface area (Å²) in [5.41, 5.74) is 8.62. The van der Waals surface area contributed by atoms with E-state index in [1.54, 1.807) is 6.08 Å². The summed E-state index contributed by atoms with van der Waals surface area (Å²) in [5.74, 6) is 0.300. The topological polar surface area (TPSA) is 83.8 Å². The van der Waals surface area contributed by atoms with Gasteiger partial charge in [0.1, 0.15) is 0 Å². The van der Waals surface area contributed by atoms with Gasteiger partial charge in [-0.15, -0.1) is 0 Å². The highest BCUT2D eigenvalue weighted by molar-refractivity contribution is 5.76. The van der Waals surface area contributed by atoms with Gasteiger partial charge < -0.3 is 16.0 Å². The van der Waals surface area contributed by atoms with Gasteiger partial charge in [0.25, 0.3) is 0 Å². The molecule has 2 aromatic rings. The molecular weight excluding hydrogens is 288 g/mol. The minimum Gasteiger partial charge on any atom is -0.369 e. The molecule has 23 heavy (non-hydrogen) atoms. The third-order valence-corrected chi connectivity index (χ3v) is 2.88. The molecular formula is C18H24N4O. The first-order chi connectivity index (χ1) is 11.1. The second-order valence-electron chi connectivity index (χ2n) is 4.55. The van der Waals surface area contributed by atoms with Gasteiger partial charge in [0, 0.05) is 5.69 Å². The number of nitrogens with one attached hydrogen (secondary N) is 2. The predicted molar refractivity (Wildman–Crippen MR) is 97.4 cm³/mol. The number of nitrogens with zero attached hydrogens (tertiary/aromatic N) is 1. The maximum Gasteiger partial charge on any atom is 0.221 e. The lowest BCUT2D eigenvalue weighted by Crippen LogP contribution is -2.13. The number of hydrogen-bond acceptors (Lipinski definition) is 3. The van der Waals surface area contributed by atoms with Crippen LogP contribution in [0.15, 0.2) is 36.9 Å². The van der Waals surface area contributed by atoms with E-state index >= 15 is 0 Å². The van der Waals surface area contributed by atoms with Crippen LogP contribution in [-0.4, -0.2) is 15.9 Å². The molecule has 1 amide bonds. The standard InChI is InChI=1S/C16H18N4O.C2H6/c1-3-5-14-13(4-2)19-16(20-14)18-12-8-6-11(7-9-12)10-15(17)21;1-2/h3-9H,2,10H2,1H3,(H2,17,21)(H2,18,19,20);1-2H3/b5-3-;. The zero-order chi connectivity index (χ0) is 17.2. The molecule has 0 bridgehead atoms. The minimum atomic E-state index is -0.339. The molecule has 0 saturated carbocycles. The molecule has 1 aromatic heterocycles. The van der Waals surface area contributed by atoms with E-state index in [-0.39, 0.29) is 12.3 Å². The summed E-state index contributed by atoms with van der Waals surface area (Å²) in [6.07, 6.45) is 5.81. The normalized spacial score (nSPS) is 10.0. The molecule has 1 aromatic carbocycles. The predicted octanol–water partition coefficient (Wildman–Crippen LogP) is 3.88. The van der Waals surface area contributed by atoms with Gasteiger partial charge in [0.05, 0.1) is 17.8 Å². The molecule has 2 rings (SSSR count). The van der Waals surface area contributed by atoms with Crippen LogP contribution in [0.3, 0.4) is 0 Å². The molecule has 0 spiro atoms. The second-order valence-corrected chi connectivity index (χ2v) is 4.55. The average molecular weight is 312 g/mol. The van der Waals surface area contributed by atoms with Crippen molar-refractivity contribution in [2.24, 2.45) is 5.73 Å². The smallest absolute Gasteiger partial charge is 0.221 e. The van der Waals surface area contributed by atoms with Crippen molar-refractivity contribution in [1.29, 1.82) is 0 Å². The van der Waals surface area contributed by atoms with E-state index in [0.29, 0.717) is 5.95 Å². The molecule has 0 radical (unpaired) electrons. The number of amides is 1. The molecule has 1 heterocycles. The van der Waals surface area contributed by atoms with E-state index in [0.717, 1.165) is 22.6 Å². The molecule has 5 heteroatoms. The first-order valence-electron chi connectivity index (χ1n) is 7.61. The summed E-state index contributed by atoms with van der Waals surface area (Å²) in [6, 6.07) is 7.47. The number of allylic oxidation sites excluding steroid dienone is 1. The number of aromatic amines is 1. The van der Waals surface area contributed by atoms with Gasteiger partial charge in [-0.3, -0.25) is 4.79 Å². The summed E-state index contributed by atoms with van der Waals surface area (Å²) < 4.78 is 0. The number of aromatic nitrogens is 2. The van der Waals surface area contributed by atoms with Gasteiger partial charge >= 0.3 is 0 Å². The van der Waals surface area contributed by atoms with Crippen molar-refractivity contribution < 1.29 is 4.79 Å². The second kappa shape index (κ2) is 9.25. The van der Waals surface area contributed by atoms with Crippen LogP contribution >= 0.6 is 0 Å². The average Bonchev–Trinajstić information content (AvgIpc) is 2.93. The highest BCUT2D eigenvalue weighted by atomic mass is 16.1. The lowest BCUT2D eigenvalue weighted by atomic mass is 10.1. The number of nitrogens with two attached hydrogens (primary N) is 1. The lowest BCUT2D eigenvalue weighted by Gasteiger charge is -2.04. The molecule has 0 atom stereocenters. The Morgan fingerprint density at radius 3 is 2.52 bits per heavy atom. The third kappa shape index (κ3) is 5.47. The number of H-pyrrole nitrogens is 1. The molecule has 0 aliphatic carbocycles. The number of primary amides is 1. The van der Waals surface area contributed by atoms with Gasteiger partial charge in [0.15, 0.2) is 0 Å². The van der Waals surface area contributed by atoms with Crippen molar-refractivity contribution >= 4 is 29.7 Å². The maximum absolute atomic E-state index is 10.9. The summed E-state index contributed by atoms with van der Waals surface area (Å²) in [5, 5.41) is 3.17. The van der Waals surface area contributed by atoms with Gasteiger partial charge in [-0.05, 0) is 36.8 Å². The van der Waals surface area contributed by atoms with Gasteiger partial charge in [-0.2, -0.15) is 0 Å². The minimum absolute atomic E-state index is 0.243. The Morgan fingerprint density at radius 1 is 1.35 bits per heavy atom. The van der Waals surface area contributed by atoms with Crippen LogP contribution in [0.25, 0.3) is 12.2 Å². The lowest BCUT2D eigenvalue weighted by molar-refractivity contribution is -0.117. The molecule has 4 N–H and O–H groups in total. The van der Waals surface area contributed by atoms with E-state index in [1.807, 2.05) is 57.2 Å². The summed E-state index contributed by atoms with van der Waals surface area (Å²) in [4.78, 5) is 18.4. The Labute approximate surface area is 137 Å². The first kappa shape index (κ1) is 18.2. The van der Waals surface area contributed by atoms with Crippen molar-refractivity contribution in [2.75, 3.05) is 5.32 Å². The molecule has 0 unspecified atom stereocenters. The van der Waals surface area contributed by atoms with Crippen molar-refractivity contribution in [3.63, 3.8) is 0 Å². The van der Waals surface area contributed by atoms with Crippen molar-refractivity contribution in [3.05, 3.63) is 53.9 Å². The first-order valence-corrected chi connectivity index (χ1v) is 7.61. The number of carbonyl (C=O) groups excluding carboxylic acids is 1. The summed E-state index contributed by atoms with van der Waals surface area (Å²) in [6.45, 7) is 9.69. The van der Waals surface area contributed by atoms with E-state index < -0.39 is 0 Å². The fraction of sp³-hybridized carbons (Fsp3) is 0.222. The van der Waals surface area contributed by atoms with Crippen molar-refractivity contribution in [1.82, 2.24) is 9.97 Å². The van der Waals surface area contributed by atoms with Gasteiger partial charge in [0.2, 0.25) is 11.9 Å². The number of rotatable bonds is 6. The van der Waals surface area contributed by atoms with Crippen molar-refractivity contribution in [3.8, 4) is 0 Å². The van der Waals surface area contributed by atoms with Crippen LogP contribution in [0.4, 0.5) is 11.6 Å². The highest BCUT2D eigenvalue weighted by Crippen LogP contribution is 2.18. The Morgan fingerprint density at radius 2 is 2.00 bits per heavy atom. The summed E-state index contributed by atoms with van der Waals surface area (Å²) >= 11 is 0. The third-order valence-electron chi connectivity index (χ3n) is 2.88. The van der Waals surface area contributed by atoms with Gasteiger partial charge in [-0.1, -0.05) is 38.6 Å². The number of carbonyl (C=O) groups is 1. The molecule has 0 aliphatic rings. The Hall–Kier alpha value is -2.82. The van der Waals surface area contributed by atoms with Crippen LogP contribution in [-0.2, 0) is 11.2 Å². The van der Waals surface area contributed by atoms with Crippen LogP contribution in [0.1, 0.15) is 37.7 Å². The Balaban J connectivity index is 0.00000127. The fourth-order valence-electron chi connectivity index (χ4n) is 1.95. The van der Waals surface area contributed by atoms with Gasteiger partial charge in [-0.25, -0.2) is 4.98 Å². The zero-order valence-electron chi connectivity index (χ0n) is 13.9. The van der Waals surface area contributed by atoms with E-state index in [1.165, 1.54) is 0 Å². The Bertz CT molecular complexity index is 669. The molecule has 0 fully saturated rings. The number of benzene rings is 1. The Kier molecular flexibility index (Phi) is 7.33. The molecule has 0 aliphatic heterocycles. The largest absolute Gasteiger partial charge is 0.369 e. The van der Waals surface area contributed by atoms with Crippen LogP contribution in [0.2, 0.25) is 0 Å². The molecule has 0 saturated heterocycles. The number of anilines is 2. The summed E-state index contributed by atoms with van der Waals surface area (Å²) in [7, 11) is 0. The highest BCUT2D eigenvalue weighted by Gasteiger charge is 2.05.